The van der Waals surface area contributed by atoms with E-state index in [1.807, 2.05) is 6.92 Å². The van der Waals surface area contributed by atoms with Crippen LogP contribution in [-0.4, -0.2) is 17.8 Å². The van der Waals surface area contributed by atoms with E-state index in [0.29, 0.717) is 0 Å². The zero-order chi connectivity index (χ0) is 10.7. The highest BCUT2D eigenvalue weighted by atomic mass is 16.3. The fourth-order valence-corrected chi connectivity index (χ4v) is 2.18. The lowest BCUT2D eigenvalue weighted by molar-refractivity contribution is 0.195. The number of rotatable bonds is 2. The smallest absolute Gasteiger partial charge is 0.0552 e. The summed E-state index contributed by atoms with van der Waals surface area (Å²) < 4.78 is 0. The zero-order valence-corrected chi connectivity index (χ0v) is 9.29. The molecule has 0 fully saturated rings. The minimum absolute atomic E-state index is 0.244. The van der Waals surface area contributed by atoms with E-state index in [9.17, 15) is 5.11 Å². The maximum Gasteiger partial charge on any atom is 0.0552 e. The molecule has 0 saturated heterocycles. The van der Waals surface area contributed by atoms with Crippen LogP contribution in [-0.2, 0) is 19.4 Å². The van der Waals surface area contributed by atoms with Crippen molar-refractivity contribution in [1.29, 1.82) is 0 Å². The molecule has 1 heterocycles. The van der Waals surface area contributed by atoms with Gasteiger partial charge < -0.3 is 10.4 Å². The highest BCUT2D eigenvalue weighted by Gasteiger charge is 2.08. The van der Waals surface area contributed by atoms with Crippen molar-refractivity contribution in [3.63, 3.8) is 0 Å². The quantitative estimate of drug-likeness (QED) is 0.769. The van der Waals surface area contributed by atoms with E-state index in [4.69, 9.17) is 0 Å². The molecule has 2 nitrogen and oxygen atoms in total. The summed E-state index contributed by atoms with van der Waals surface area (Å²) in [5.41, 5.74) is 4.13. The standard InChI is InChI=1S/C13H19NO/c1-10(15)7-11-4-5-13-9-14-6-2-3-12(13)8-11/h4-5,8,10,14-15H,2-3,6-7,9H2,1H3. The summed E-state index contributed by atoms with van der Waals surface area (Å²) in [6, 6.07) is 6.60. The summed E-state index contributed by atoms with van der Waals surface area (Å²) in [5.74, 6) is 0. The molecule has 1 aromatic carbocycles. The van der Waals surface area contributed by atoms with Gasteiger partial charge in [0, 0.05) is 6.54 Å². The Morgan fingerprint density at radius 3 is 3.07 bits per heavy atom. The molecule has 1 atom stereocenters. The number of hydrogen-bond donors (Lipinski definition) is 2. The normalized spacial score (nSPS) is 18.0. The van der Waals surface area contributed by atoms with Gasteiger partial charge in [0.2, 0.25) is 0 Å². The predicted octanol–water partition coefficient (Wildman–Crippen LogP) is 1.65. The van der Waals surface area contributed by atoms with E-state index in [-0.39, 0.29) is 6.10 Å². The molecule has 1 unspecified atom stereocenters. The molecule has 0 aromatic heterocycles. The molecule has 15 heavy (non-hydrogen) atoms. The Balaban J connectivity index is 2.20. The van der Waals surface area contributed by atoms with Crippen LogP contribution in [0.3, 0.4) is 0 Å². The molecule has 0 spiro atoms. The SMILES string of the molecule is CC(O)Cc1ccc2c(c1)CCCNC2. The molecule has 82 valence electrons. The maximum absolute atomic E-state index is 9.35. The summed E-state index contributed by atoms with van der Waals surface area (Å²) in [5, 5.41) is 12.8. The van der Waals surface area contributed by atoms with E-state index < -0.39 is 0 Å². The average molecular weight is 205 g/mol. The van der Waals surface area contributed by atoms with E-state index in [0.717, 1.165) is 25.9 Å². The van der Waals surface area contributed by atoms with Gasteiger partial charge in [0.1, 0.15) is 0 Å². The molecule has 0 radical (unpaired) electrons. The van der Waals surface area contributed by atoms with Crippen LogP contribution >= 0.6 is 0 Å². The van der Waals surface area contributed by atoms with Crippen LogP contribution in [0.2, 0.25) is 0 Å². The molecular weight excluding hydrogens is 186 g/mol. The number of benzene rings is 1. The van der Waals surface area contributed by atoms with E-state index in [1.54, 1.807) is 0 Å². The monoisotopic (exact) mass is 205 g/mol. The van der Waals surface area contributed by atoms with Crippen LogP contribution in [0, 0.1) is 0 Å². The van der Waals surface area contributed by atoms with Crippen molar-refractivity contribution in [2.45, 2.75) is 38.8 Å². The Kier molecular flexibility index (Phi) is 3.39. The number of aliphatic hydroxyl groups excluding tert-OH is 1. The lowest BCUT2D eigenvalue weighted by atomic mass is 9.98. The Hall–Kier alpha value is -0.860. The summed E-state index contributed by atoms with van der Waals surface area (Å²) in [4.78, 5) is 0. The number of nitrogens with one attached hydrogen (secondary N) is 1. The number of fused-ring (bicyclic) bond motifs is 1. The fraction of sp³-hybridized carbons (Fsp3) is 0.538. The summed E-state index contributed by atoms with van der Waals surface area (Å²) in [6.07, 6.45) is 2.90. The molecule has 1 aliphatic heterocycles. The van der Waals surface area contributed by atoms with Gasteiger partial charge in [0.15, 0.2) is 0 Å². The van der Waals surface area contributed by atoms with Gasteiger partial charge in [-0.25, -0.2) is 0 Å². The molecule has 1 aliphatic rings. The van der Waals surface area contributed by atoms with E-state index >= 15 is 0 Å². The molecule has 2 heteroatoms. The van der Waals surface area contributed by atoms with Crippen LogP contribution < -0.4 is 5.32 Å². The fourth-order valence-electron chi connectivity index (χ4n) is 2.18. The van der Waals surface area contributed by atoms with Crippen LogP contribution in [0.1, 0.15) is 30.0 Å². The van der Waals surface area contributed by atoms with Crippen molar-refractivity contribution in [1.82, 2.24) is 5.32 Å². The van der Waals surface area contributed by atoms with E-state index in [2.05, 4.69) is 23.5 Å². The van der Waals surface area contributed by atoms with Gasteiger partial charge in [-0.3, -0.25) is 0 Å². The maximum atomic E-state index is 9.35. The molecule has 2 N–H and O–H groups in total. The van der Waals surface area contributed by atoms with Crippen molar-refractivity contribution < 1.29 is 5.11 Å². The second-order valence-electron chi connectivity index (χ2n) is 4.44. The van der Waals surface area contributed by atoms with Gasteiger partial charge in [-0.1, -0.05) is 18.2 Å². The molecular formula is C13H19NO. The largest absolute Gasteiger partial charge is 0.393 e. The highest BCUT2D eigenvalue weighted by Crippen LogP contribution is 2.17. The summed E-state index contributed by atoms with van der Waals surface area (Å²) in [7, 11) is 0. The van der Waals surface area contributed by atoms with Crippen LogP contribution in [0.25, 0.3) is 0 Å². The third-order valence-corrected chi connectivity index (χ3v) is 2.92. The van der Waals surface area contributed by atoms with Crippen LogP contribution in [0.5, 0.6) is 0 Å². The van der Waals surface area contributed by atoms with E-state index in [1.165, 1.54) is 23.1 Å². The number of aryl methyl sites for hydroxylation is 1. The Morgan fingerprint density at radius 1 is 1.40 bits per heavy atom. The topological polar surface area (TPSA) is 32.3 Å². The Morgan fingerprint density at radius 2 is 2.27 bits per heavy atom. The predicted molar refractivity (Wildman–Crippen MR) is 61.9 cm³/mol. The van der Waals surface area contributed by atoms with Gasteiger partial charge in [-0.2, -0.15) is 0 Å². The average Bonchev–Trinajstić information content (AvgIpc) is 2.41. The summed E-state index contributed by atoms with van der Waals surface area (Å²) in [6.45, 7) is 3.94. The van der Waals surface area contributed by atoms with Crippen molar-refractivity contribution in [2.24, 2.45) is 0 Å². The summed E-state index contributed by atoms with van der Waals surface area (Å²) >= 11 is 0. The Bertz CT molecular complexity index is 333. The van der Waals surface area contributed by atoms with Crippen molar-refractivity contribution in [3.8, 4) is 0 Å². The first-order valence-corrected chi connectivity index (χ1v) is 5.75. The third kappa shape index (κ3) is 2.80. The van der Waals surface area contributed by atoms with Crippen LogP contribution in [0.15, 0.2) is 18.2 Å². The first kappa shape index (κ1) is 10.7. The first-order chi connectivity index (χ1) is 7.25. The van der Waals surface area contributed by atoms with Gasteiger partial charge in [0.05, 0.1) is 6.10 Å². The third-order valence-electron chi connectivity index (χ3n) is 2.92. The second-order valence-corrected chi connectivity index (χ2v) is 4.44. The second kappa shape index (κ2) is 4.77. The van der Waals surface area contributed by atoms with Crippen molar-refractivity contribution in [3.05, 3.63) is 34.9 Å². The zero-order valence-electron chi connectivity index (χ0n) is 9.29. The molecule has 0 bridgehead atoms. The molecule has 0 amide bonds. The molecule has 0 saturated carbocycles. The first-order valence-electron chi connectivity index (χ1n) is 5.75. The number of hydrogen-bond acceptors (Lipinski definition) is 2. The minimum Gasteiger partial charge on any atom is -0.393 e. The lowest BCUT2D eigenvalue weighted by Gasteiger charge is -2.09. The van der Waals surface area contributed by atoms with Gasteiger partial charge >= 0.3 is 0 Å². The molecule has 1 aromatic rings. The highest BCUT2D eigenvalue weighted by molar-refractivity contribution is 5.33. The van der Waals surface area contributed by atoms with Crippen LogP contribution in [0.4, 0.5) is 0 Å². The van der Waals surface area contributed by atoms with Gasteiger partial charge in [-0.15, -0.1) is 0 Å². The lowest BCUT2D eigenvalue weighted by Crippen LogP contribution is -2.12. The Labute approximate surface area is 91.3 Å². The van der Waals surface area contributed by atoms with Crippen molar-refractivity contribution >= 4 is 0 Å². The molecule has 0 aliphatic carbocycles. The molecule has 2 rings (SSSR count). The van der Waals surface area contributed by atoms with Gasteiger partial charge in [0.25, 0.3) is 0 Å². The minimum atomic E-state index is -0.244. The van der Waals surface area contributed by atoms with Crippen molar-refractivity contribution in [2.75, 3.05) is 6.54 Å². The van der Waals surface area contributed by atoms with Gasteiger partial charge in [-0.05, 0) is 49.4 Å². The number of aliphatic hydroxyl groups is 1.